The second kappa shape index (κ2) is 8.31. The molecule has 3 nitrogen and oxygen atoms in total. The van der Waals surface area contributed by atoms with Crippen molar-refractivity contribution in [2.45, 2.75) is 6.04 Å². The number of halogens is 2. The van der Waals surface area contributed by atoms with Gasteiger partial charge in [-0.25, -0.2) is 4.99 Å². The number of hydrogen-bond donors (Lipinski definition) is 0. The predicted molar refractivity (Wildman–Crippen MR) is 128 cm³/mol. The summed E-state index contributed by atoms with van der Waals surface area (Å²) in [6.07, 6.45) is 3.86. The summed E-state index contributed by atoms with van der Waals surface area (Å²) in [6, 6.07) is 24.8. The number of thiazole rings is 1. The van der Waals surface area contributed by atoms with Crippen LogP contribution in [-0.4, -0.2) is 4.57 Å². The quantitative estimate of drug-likeness (QED) is 0.406. The van der Waals surface area contributed by atoms with Crippen molar-refractivity contribution in [2.24, 2.45) is 4.99 Å². The van der Waals surface area contributed by atoms with Gasteiger partial charge >= 0.3 is 0 Å². The maximum absolute atomic E-state index is 13.4. The lowest BCUT2D eigenvalue weighted by Crippen LogP contribution is -2.36. The summed E-state index contributed by atoms with van der Waals surface area (Å²) in [5, 5.41) is 1.26. The maximum atomic E-state index is 13.4. The van der Waals surface area contributed by atoms with Gasteiger partial charge in [-0.15, -0.1) is 0 Å². The molecule has 2 heterocycles. The summed E-state index contributed by atoms with van der Waals surface area (Å²) in [4.78, 5) is 18.9. The molecule has 1 unspecified atom stereocenters. The summed E-state index contributed by atoms with van der Waals surface area (Å²) in [6.45, 7) is 0. The van der Waals surface area contributed by atoms with Crippen LogP contribution in [0.2, 0.25) is 10.0 Å². The number of hydrogen-bond acceptors (Lipinski definition) is 3. The Bertz CT molecular complexity index is 1470. The number of benzene rings is 3. The van der Waals surface area contributed by atoms with Gasteiger partial charge in [0.05, 0.1) is 16.3 Å². The molecule has 0 N–H and O–H groups in total. The number of rotatable bonds is 3. The van der Waals surface area contributed by atoms with E-state index in [0.717, 1.165) is 22.4 Å². The highest BCUT2D eigenvalue weighted by Gasteiger charge is 2.22. The number of allylic oxidation sites excluding steroid dienone is 1. The van der Waals surface area contributed by atoms with E-state index in [0.29, 0.717) is 19.4 Å². The topological polar surface area (TPSA) is 34.4 Å². The van der Waals surface area contributed by atoms with Gasteiger partial charge < -0.3 is 0 Å². The van der Waals surface area contributed by atoms with E-state index in [4.69, 9.17) is 28.2 Å². The van der Waals surface area contributed by atoms with Gasteiger partial charge in [-0.3, -0.25) is 9.36 Å². The van der Waals surface area contributed by atoms with Crippen molar-refractivity contribution in [3.8, 4) is 0 Å². The molecule has 0 amide bonds. The minimum Gasteiger partial charge on any atom is -0.272 e. The van der Waals surface area contributed by atoms with Gasteiger partial charge in [0.2, 0.25) is 0 Å². The summed E-state index contributed by atoms with van der Waals surface area (Å²) < 4.78 is 2.33. The fourth-order valence-electron chi connectivity index (χ4n) is 3.58. The average Bonchev–Trinajstić information content (AvgIpc) is 3.11. The molecule has 0 fully saturated rings. The first-order valence-electron chi connectivity index (χ1n) is 9.69. The van der Waals surface area contributed by atoms with Gasteiger partial charge in [-0.1, -0.05) is 95.2 Å². The Balaban J connectivity index is 1.75. The van der Waals surface area contributed by atoms with E-state index >= 15 is 0 Å². The van der Waals surface area contributed by atoms with E-state index in [1.807, 2.05) is 91.0 Å². The lowest BCUT2D eigenvalue weighted by molar-refractivity contribution is 0.644. The first-order valence-corrected chi connectivity index (χ1v) is 11.3. The standard InChI is InChI=1S/C25H16Cl2N2OS/c26-19-12-10-17(11-13-19)22-15-21(16-6-2-1-3-7-16)28-25-29(22)24(30)23(31-25)14-18-8-4-5-9-20(18)27/h1-15,22H. The molecule has 1 aliphatic rings. The van der Waals surface area contributed by atoms with Crippen LogP contribution in [0.15, 0.2) is 94.7 Å². The first kappa shape index (κ1) is 20.0. The van der Waals surface area contributed by atoms with E-state index in [2.05, 4.69) is 0 Å². The second-order valence-electron chi connectivity index (χ2n) is 7.12. The molecule has 0 aliphatic carbocycles. The van der Waals surface area contributed by atoms with E-state index in [-0.39, 0.29) is 11.6 Å². The van der Waals surface area contributed by atoms with Crippen LogP contribution >= 0.6 is 34.5 Å². The molecule has 5 rings (SSSR count). The third-order valence-electron chi connectivity index (χ3n) is 5.12. The monoisotopic (exact) mass is 462 g/mol. The van der Waals surface area contributed by atoms with E-state index < -0.39 is 0 Å². The molecule has 6 heteroatoms. The van der Waals surface area contributed by atoms with Crippen molar-refractivity contribution in [1.29, 1.82) is 0 Å². The lowest BCUT2D eigenvalue weighted by atomic mass is 10.0. The number of aromatic nitrogens is 1. The first-order chi connectivity index (χ1) is 15.1. The van der Waals surface area contributed by atoms with Gasteiger partial charge in [-0.2, -0.15) is 0 Å². The zero-order valence-corrected chi connectivity index (χ0v) is 18.5. The van der Waals surface area contributed by atoms with Crippen LogP contribution in [0.1, 0.15) is 22.7 Å². The normalized spacial score (nSPS) is 15.9. The Morgan fingerprint density at radius 1 is 0.903 bits per heavy atom. The van der Waals surface area contributed by atoms with Crippen LogP contribution in [0.3, 0.4) is 0 Å². The summed E-state index contributed by atoms with van der Waals surface area (Å²) in [7, 11) is 0. The molecule has 31 heavy (non-hydrogen) atoms. The Hall–Kier alpha value is -2.92. The molecule has 0 spiro atoms. The highest BCUT2D eigenvalue weighted by atomic mass is 35.5. The molecule has 4 aromatic rings. The molecule has 1 atom stereocenters. The van der Waals surface area contributed by atoms with Crippen LogP contribution in [-0.2, 0) is 0 Å². The summed E-state index contributed by atoms with van der Waals surface area (Å²) in [5.74, 6) is 0. The molecular weight excluding hydrogens is 447 g/mol. The minimum atomic E-state index is -0.280. The van der Waals surface area contributed by atoms with Crippen molar-refractivity contribution in [3.63, 3.8) is 0 Å². The van der Waals surface area contributed by atoms with Crippen molar-refractivity contribution in [1.82, 2.24) is 4.57 Å². The highest BCUT2D eigenvalue weighted by molar-refractivity contribution is 7.07. The molecule has 0 radical (unpaired) electrons. The van der Waals surface area contributed by atoms with Crippen LogP contribution in [0.4, 0.5) is 0 Å². The third-order valence-corrected chi connectivity index (χ3v) is 6.70. The highest BCUT2D eigenvalue weighted by Crippen LogP contribution is 2.27. The van der Waals surface area contributed by atoms with Crippen molar-refractivity contribution >= 4 is 46.3 Å². The lowest BCUT2D eigenvalue weighted by Gasteiger charge is -2.19. The maximum Gasteiger partial charge on any atom is 0.271 e. The predicted octanol–water partition coefficient (Wildman–Crippen LogP) is 5.31. The van der Waals surface area contributed by atoms with Gasteiger partial charge in [0.1, 0.15) is 0 Å². The molecule has 3 aromatic carbocycles. The molecular formula is C25H16Cl2N2OS. The van der Waals surface area contributed by atoms with E-state index in [1.54, 1.807) is 4.57 Å². The van der Waals surface area contributed by atoms with Gasteiger partial charge in [0.25, 0.3) is 5.56 Å². The Kier molecular flexibility index (Phi) is 5.36. The van der Waals surface area contributed by atoms with Crippen molar-refractivity contribution in [2.75, 3.05) is 0 Å². The fourth-order valence-corrected chi connectivity index (χ4v) is 4.91. The van der Waals surface area contributed by atoms with E-state index in [1.165, 1.54) is 11.3 Å². The zero-order valence-electron chi connectivity index (χ0n) is 16.2. The molecule has 0 saturated carbocycles. The van der Waals surface area contributed by atoms with Crippen LogP contribution in [0.25, 0.3) is 11.8 Å². The Labute approximate surface area is 192 Å². The SMILES string of the molecule is O=c1c(=Cc2ccccc2Cl)sc2n1C(c1ccc(Cl)cc1)C=C(c1ccccc1)N=2. The molecule has 1 aliphatic heterocycles. The molecule has 0 bridgehead atoms. The third kappa shape index (κ3) is 3.90. The number of nitrogens with zero attached hydrogens (tertiary/aromatic N) is 2. The zero-order chi connectivity index (χ0) is 21.4. The molecule has 152 valence electrons. The summed E-state index contributed by atoms with van der Waals surface area (Å²) >= 11 is 13.8. The van der Waals surface area contributed by atoms with Gasteiger partial charge in [0, 0.05) is 10.0 Å². The van der Waals surface area contributed by atoms with Crippen molar-refractivity contribution in [3.05, 3.63) is 131 Å². The van der Waals surface area contributed by atoms with Crippen LogP contribution < -0.4 is 14.9 Å². The van der Waals surface area contributed by atoms with Gasteiger partial charge in [-0.05, 0) is 47.0 Å². The number of fused-ring (bicyclic) bond motifs is 1. The van der Waals surface area contributed by atoms with Crippen molar-refractivity contribution < 1.29 is 0 Å². The Morgan fingerprint density at radius 2 is 1.61 bits per heavy atom. The second-order valence-corrected chi connectivity index (χ2v) is 8.97. The summed E-state index contributed by atoms with van der Waals surface area (Å²) in [5.41, 5.74) is 3.53. The van der Waals surface area contributed by atoms with Crippen LogP contribution in [0, 0.1) is 0 Å². The van der Waals surface area contributed by atoms with Gasteiger partial charge in [0.15, 0.2) is 4.80 Å². The smallest absolute Gasteiger partial charge is 0.271 e. The Morgan fingerprint density at radius 3 is 2.35 bits per heavy atom. The van der Waals surface area contributed by atoms with E-state index in [9.17, 15) is 4.79 Å². The minimum absolute atomic E-state index is 0.0908. The van der Waals surface area contributed by atoms with Crippen LogP contribution in [0.5, 0.6) is 0 Å². The largest absolute Gasteiger partial charge is 0.272 e. The molecule has 0 saturated heterocycles. The fraction of sp³-hybridized carbons (Fsp3) is 0.0400. The molecule has 1 aromatic heterocycles. The average molecular weight is 463 g/mol.